The third-order valence-corrected chi connectivity index (χ3v) is 4.79. The Morgan fingerprint density at radius 2 is 1.96 bits per heavy atom. The molecular weight excluding hydrogens is 351 g/mol. The first-order chi connectivity index (χ1) is 12.6. The molecule has 0 amide bonds. The second kappa shape index (κ2) is 6.92. The Morgan fingerprint density at radius 3 is 2.85 bits per heavy atom. The first-order valence-corrected chi connectivity index (χ1v) is 8.87. The topological polar surface area (TPSA) is 35.1 Å². The van der Waals surface area contributed by atoms with Crippen molar-refractivity contribution in [2.24, 2.45) is 5.92 Å². The molecule has 0 aliphatic heterocycles. The van der Waals surface area contributed by atoms with Crippen LogP contribution in [0.15, 0.2) is 61.3 Å². The van der Waals surface area contributed by atoms with Crippen LogP contribution in [0.3, 0.4) is 0 Å². The Hall–Kier alpha value is -2.66. The molecule has 0 bridgehead atoms. The van der Waals surface area contributed by atoms with Gasteiger partial charge in [-0.1, -0.05) is 24.6 Å². The molecule has 26 heavy (non-hydrogen) atoms. The van der Waals surface area contributed by atoms with E-state index in [4.69, 9.17) is 11.6 Å². The van der Waals surface area contributed by atoms with Crippen LogP contribution in [0.25, 0.3) is 17.0 Å². The van der Waals surface area contributed by atoms with Crippen molar-refractivity contribution in [1.29, 1.82) is 0 Å². The third-order valence-electron chi connectivity index (χ3n) is 4.46. The van der Waals surface area contributed by atoms with Gasteiger partial charge in [0.2, 0.25) is 0 Å². The molecule has 0 saturated carbocycles. The second-order valence-electron chi connectivity index (χ2n) is 6.53. The zero-order valence-electron chi connectivity index (χ0n) is 14.3. The maximum absolute atomic E-state index is 13.6. The van der Waals surface area contributed by atoms with Crippen LogP contribution < -0.4 is 0 Å². The molecule has 1 unspecified atom stereocenters. The number of fused-ring (bicyclic) bond motifs is 1. The molecule has 1 aromatic carbocycles. The molecule has 0 fully saturated rings. The Labute approximate surface area is 155 Å². The van der Waals surface area contributed by atoms with E-state index in [1.807, 2.05) is 39.8 Å². The molecule has 3 heterocycles. The lowest BCUT2D eigenvalue weighted by Crippen LogP contribution is -2.11. The van der Waals surface area contributed by atoms with Gasteiger partial charge in [0.15, 0.2) is 0 Å². The number of benzene rings is 1. The maximum atomic E-state index is 13.6. The minimum absolute atomic E-state index is 0.321. The number of hydrogen-bond acceptors (Lipinski definition) is 2. The van der Waals surface area contributed by atoms with Crippen LogP contribution in [0.4, 0.5) is 4.39 Å². The summed E-state index contributed by atoms with van der Waals surface area (Å²) in [6.45, 7) is 2.94. The summed E-state index contributed by atoms with van der Waals surface area (Å²) in [5, 5.41) is 0.494. The van der Waals surface area contributed by atoms with Crippen molar-refractivity contribution in [3.63, 3.8) is 0 Å². The highest BCUT2D eigenvalue weighted by Gasteiger charge is 2.14. The molecule has 1 atom stereocenters. The van der Waals surface area contributed by atoms with Crippen molar-refractivity contribution in [3.05, 3.63) is 77.7 Å². The van der Waals surface area contributed by atoms with Crippen molar-refractivity contribution in [3.8, 4) is 11.4 Å². The minimum atomic E-state index is -0.321. The van der Waals surface area contributed by atoms with Crippen molar-refractivity contribution < 1.29 is 4.39 Å². The van der Waals surface area contributed by atoms with Crippen LogP contribution in [0, 0.1) is 11.7 Å². The normalized spacial score (nSPS) is 12.6. The smallest absolute Gasteiger partial charge is 0.141 e. The molecule has 0 aliphatic rings. The molecule has 3 aromatic heterocycles. The van der Waals surface area contributed by atoms with Gasteiger partial charge >= 0.3 is 0 Å². The van der Waals surface area contributed by atoms with E-state index in [2.05, 4.69) is 23.0 Å². The number of imidazole rings is 2. The summed E-state index contributed by atoms with van der Waals surface area (Å²) in [7, 11) is 0. The molecule has 6 heteroatoms. The molecule has 0 N–H and O–H groups in total. The number of pyridine rings is 1. The summed E-state index contributed by atoms with van der Waals surface area (Å²) in [6.07, 6.45) is 10.3. The predicted octanol–water partition coefficient (Wildman–Crippen LogP) is 4.87. The summed E-state index contributed by atoms with van der Waals surface area (Å²) in [6, 6.07) is 8.49. The Bertz CT molecular complexity index is 1050. The Kier molecular flexibility index (Phi) is 4.47. The van der Waals surface area contributed by atoms with E-state index in [1.54, 1.807) is 12.3 Å². The first-order valence-electron chi connectivity index (χ1n) is 8.49. The average molecular weight is 369 g/mol. The van der Waals surface area contributed by atoms with Gasteiger partial charge in [0.25, 0.3) is 0 Å². The fourth-order valence-electron chi connectivity index (χ4n) is 3.31. The van der Waals surface area contributed by atoms with E-state index in [0.717, 1.165) is 18.6 Å². The molecule has 4 aromatic rings. The standard InChI is InChI=1S/C20H18ClFN4/c1-14(11-15-3-2-8-25-9-6-23-19(15)25)13-26-10-7-24-20(26)17-12-16(22)4-5-18(17)21/h2-10,12,14H,11,13H2,1H3. The van der Waals surface area contributed by atoms with E-state index in [0.29, 0.717) is 22.3 Å². The monoisotopic (exact) mass is 368 g/mol. The highest BCUT2D eigenvalue weighted by Crippen LogP contribution is 2.28. The van der Waals surface area contributed by atoms with Crippen molar-refractivity contribution in [2.45, 2.75) is 19.9 Å². The highest BCUT2D eigenvalue weighted by molar-refractivity contribution is 6.33. The summed E-state index contributed by atoms with van der Waals surface area (Å²) in [4.78, 5) is 8.83. The molecular formula is C20H18ClFN4. The highest BCUT2D eigenvalue weighted by atomic mass is 35.5. The first kappa shape index (κ1) is 16.8. The lowest BCUT2D eigenvalue weighted by Gasteiger charge is -2.15. The van der Waals surface area contributed by atoms with Crippen molar-refractivity contribution >= 4 is 17.2 Å². The van der Waals surface area contributed by atoms with Gasteiger partial charge in [-0.2, -0.15) is 0 Å². The largest absolute Gasteiger partial charge is 0.331 e. The van der Waals surface area contributed by atoms with Crippen molar-refractivity contribution in [2.75, 3.05) is 0 Å². The van der Waals surface area contributed by atoms with Crippen LogP contribution in [-0.4, -0.2) is 18.9 Å². The van der Waals surface area contributed by atoms with Crippen LogP contribution in [-0.2, 0) is 13.0 Å². The van der Waals surface area contributed by atoms with E-state index >= 15 is 0 Å². The Morgan fingerprint density at radius 1 is 1.12 bits per heavy atom. The van der Waals surface area contributed by atoms with E-state index in [-0.39, 0.29) is 5.82 Å². The molecule has 0 radical (unpaired) electrons. The average Bonchev–Trinajstić information content (AvgIpc) is 3.27. The molecule has 0 aliphatic carbocycles. The van der Waals surface area contributed by atoms with Gasteiger partial charge in [-0.25, -0.2) is 14.4 Å². The number of nitrogens with zero attached hydrogens (tertiary/aromatic N) is 4. The molecule has 4 rings (SSSR count). The number of rotatable bonds is 5. The van der Waals surface area contributed by atoms with Gasteiger partial charge < -0.3 is 8.97 Å². The van der Waals surface area contributed by atoms with E-state index < -0.39 is 0 Å². The summed E-state index contributed by atoms with van der Waals surface area (Å²) in [5.41, 5.74) is 2.80. The second-order valence-corrected chi connectivity index (χ2v) is 6.94. The van der Waals surface area contributed by atoms with Gasteiger partial charge in [-0.05, 0) is 42.2 Å². The van der Waals surface area contributed by atoms with Gasteiger partial charge in [-0.15, -0.1) is 0 Å². The predicted molar refractivity (Wildman–Crippen MR) is 101 cm³/mol. The van der Waals surface area contributed by atoms with Crippen LogP contribution in [0.2, 0.25) is 5.02 Å². The Balaban J connectivity index is 1.58. The zero-order valence-corrected chi connectivity index (χ0v) is 15.1. The molecule has 132 valence electrons. The van der Waals surface area contributed by atoms with Gasteiger partial charge in [0.1, 0.15) is 17.3 Å². The van der Waals surface area contributed by atoms with Crippen molar-refractivity contribution in [1.82, 2.24) is 18.9 Å². The van der Waals surface area contributed by atoms with Gasteiger partial charge in [-0.3, -0.25) is 0 Å². The van der Waals surface area contributed by atoms with Crippen LogP contribution in [0.1, 0.15) is 12.5 Å². The maximum Gasteiger partial charge on any atom is 0.141 e. The number of hydrogen-bond donors (Lipinski definition) is 0. The quantitative estimate of drug-likeness (QED) is 0.503. The fourth-order valence-corrected chi connectivity index (χ4v) is 3.52. The lowest BCUT2D eigenvalue weighted by atomic mass is 10.0. The van der Waals surface area contributed by atoms with Crippen LogP contribution >= 0.6 is 11.6 Å². The third kappa shape index (κ3) is 3.22. The van der Waals surface area contributed by atoms with E-state index in [9.17, 15) is 4.39 Å². The number of aromatic nitrogens is 4. The summed E-state index contributed by atoms with van der Waals surface area (Å²) < 4.78 is 17.7. The summed E-state index contributed by atoms with van der Waals surface area (Å²) in [5.74, 6) is 0.705. The minimum Gasteiger partial charge on any atom is -0.331 e. The summed E-state index contributed by atoms with van der Waals surface area (Å²) >= 11 is 6.25. The molecule has 4 nitrogen and oxygen atoms in total. The molecule has 0 saturated heterocycles. The molecule has 0 spiro atoms. The van der Waals surface area contributed by atoms with Gasteiger partial charge in [0, 0.05) is 43.1 Å². The number of halogens is 2. The zero-order chi connectivity index (χ0) is 18.1. The van der Waals surface area contributed by atoms with Gasteiger partial charge in [0.05, 0.1) is 5.02 Å². The van der Waals surface area contributed by atoms with E-state index in [1.165, 1.54) is 17.7 Å². The van der Waals surface area contributed by atoms with Crippen LogP contribution in [0.5, 0.6) is 0 Å². The fraction of sp³-hybridized carbons (Fsp3) is 0.200. The SMILES string of the molecule is CC(Cc1cccn2ccnc12)Cn1ccnc1-c1cc(F)ccc1Cl. The lowest BCUT2D eigenvalue weighted by molar-refractivity contribution is 0.483.